The first-order chi connectivity index (χ1) is 19.7. The summed E-state index contributed by atoms with van der Waals surface area (Å²) in [5.41, 5.74) is 0.972. The van der Waals surface area contributed by atoms with Gasteiger partial charge in [0, 0.05) is 61.6 Å². The van der Waals surface area contributed by atoms with Crippen molar-refractivity contribution in [2.24, 2.45) is 4.99 Å². The number of allylic oxidation sites excluding steroid dienone is 1. The fourth-order valence-corrected chi connectivity index (χ4v) is 4.67. The van der Waals surface area contributed by atoms with Gasteiger partial charge in [0.15, 0.2) is 0 Å². The van der Waals surface area contributed by atoms with Crippen LogP contribution in [0.15, 0.2) is 71.7 Å². The van der Waals surface area contributed by atoms with Crippen molar-refractivity contribution in [3.63, 3.8) is 0 Å². The molecule has 214 valence electrons. The van der Waals surface area contributed by atoms with Crippen molar-refractivity contribution < 1.29 is 27.5 Å². The summed E-state index contributed by atoms with van der Waals surface area (Å²) in [4.78, 5) is 36.8. The number of rotatable bonds is 6. The summed E-state index contributed by atoms with van der Waals surface area (Å²) >= 11 is 0. The first kappa shape index (κ1) is 27.9. The van der Waals surface area contributed by atoms with Gasteiger partial charge in [-0.2, -0.15) is 18.3 Å². The minimum atomic E-state index is -4.62. The van der Waals surface area contributed by atoms with Gasteiger partial charge in [0.05, 0.1) is 18.3 Å². The van der Waals surface area contributed by atoms with Gasteiger partial charge < -0.3 is 19.9 Å². The van der Waals surface area contributed by atoms with E-state index >= 15 is 0 Å². The van der Waals surface area contributed by atoms with Crippen molar-refractivity contribution in [3.8, 4) is 11.3 Å². The van der Waals surface area contributed by atoms with Gasteiger partial charge in [0.1, 0.15) is 11.5 Å². The third kappa shape index (κ3) is 6.39. The maximum Gasteiger partial charge on any atom is 0.433 e. The molecule has 10 nitrogen and oxygen atoms in total. The van der Waals surface area contributed by atoms with Crippen LogP contribution in [0.1, 0.15) is 35.4 Å². The number of benzene rings is 1. The highest BCUT2D eigenvalue weighted by molar-refractivity contribution is 5.96. The first-order valence-electron chi connectivity index (χ1n) is 13.1. The lowest BCUT2D eigenvalue weighted by molar-refractivity contribution is -0.144. The highest BCUT2D eigenvalue weighted by atomic mass is 19.4. The van der Waals surface area contributed by atoms with Crippen LogP contribution in [-0.4, -0.2) is 70.7 Å². The molecular weight excluding hydrogens is 539 g/mol. The summed E-state index contributed by atoms with van der Waals surface area (Å²) in [6.45, 7) is 4.29. The topological polar surface area (TPSA) is 105 Å². The summed E-state index contributed by atoms with van der Waals surface area (Å²) in [6, 6.07) is 10.6. The molecule has 4 heterocycles. The summed E-state index contributed by atoms with van der Waals surface area (Å²) < 4.78 is 47.4. The molecule has 0 bridgehead atoms. The molecule has 0 aliphatic carbocycles. The number of hydrogen-bond acceptors (Lipinski definition) is 7. The zero-order chi connectivity index (χ0) is 29.0. The number of carbonyl (C=O) groups is 2. The zero-order valence-electron chi connectivity index (χ0n) is 22.2. The standard InChI is InChI=1S/C28H28F3N7O3/c1-2-41-27(40)37-13-11-36(12-14-37)21-7-3-5-19(15-21)26(39)34-25-9-8-22(18-33-25)38-24(28(29,30)31)16-23(35-38)20-6-4-10-32-17-20/h3-7,9-10,15-18,22H,2,8,11-14H2,1H3,(H,34,39). The Bertz CT molecular complexity index is 1460. The van der Waals surface area contributed by atoms with Crippen LogP contribution in [0.25, 0.3) is 11.3 Å². The number of alkyl halides is 3. The number of amides is 2. The van der Waals surface area contributed by atoms with E-state index in [0.717, 1.165) is 16.4 Å². The molecular formula is C28H28F3N7O3. The van der Waals surface area contributed by atoms with E-state index in [1.54, 1.807) is 48.2 Å². The highest BCUT2D eigenvalue weighted by Gasteiger charge is 2.38. The molecule has 1 aromatic carbocycles. The number of carbonyl (C=O) groups excluding carboxylic acids is 2. The molecule has 0 spiro atoms. The van der Waals surface area contributed by atoms with E-state index in [1.165, 1.54) is 18.6 Å². The van der Waals surface area contributed by atoms with E-state index in [9.17, 15) is 22.8 Å². The molecule has 0 radical (unpaired) electrons. The Morgan fingerprint density at radius 1 is 1.10 bits per heavy atom. The van der Waals surface area contributed by atoms with Gasteiger partial charge in [-0.05, 0) is 55.8 Å². The summed E-state index contributed by atoms with van der Waals surface area (Å²) in [5, 5.41) is 6.92. The molecule has 41 heavy (non-hydrogen) atoms. The molecule has 3 aromatic rings. The molecule has 5 rings (SSSR count). The van der Waals surface area contributed by atoms with Crippen molar-refractivity contribution in [2.75, 3.05) is 37.7 Å². The smallest absolute Gasteiger partial charge is 0.433 e. The lowest BCUT2D eigenvalue weighted by Crippen LogP contribution is -2.49. The molecule has 1 unspecified atom stereocenters. The normalized spacial score (nSPS) is 17.3. The second kappa shape index (κ2) is 11.8. The van der Waals surface area contributed by atoms with Gasteiger partial charge in [-0.3, -0.25) is 14.5 Å². The second-order valence-electron chi connectivity index (χ2n) is 9.45. The minimum Gasteiger partial charge on any atom is -0.450 e. The number of hydrogen-bond donors (Lipinski definition) is 1. The molecule has 0 saturated carbocycles. The molecule has 2 aromatic heterocycles. The summed E-state index contributed by atoms with van der Waals surface area (Å²) in [7, 11) is 0. The quantitative estimate of drug-likeness (QED) is 0.470. The first-order valence-corrected chi connectivity index (χ1v) is 13.1. The molecule has 2 aliphatic rings. The van der Waals surface area contributed by atoms with E-state index in [-0.39, 0.29) is 24.0 Å². The number of nitrogens with zero attached hydrogens (tertiary/aromatic N) is 6. The largest absolute Gasteiger partial charge is 0.450 e. The molecule has 1 atom stereocenters. The van der Waals surface area contributed by atoms with Crippen LogP contribution >= 0.6 is 0 Å². The van der Waals surface area contributed by atoms with E-state index in [2.05, 4.69) is 25.3 Å². The molecule has 1 fully saturated rings. The van der Waals surface area contributed by atoms with Crippen molar-refractivity contribution in [2.45, 2.75) is 25.6 Å². The van der Waals surface area contributed by atoms with Gasteiger partial charge in [0.2, 0.25) is 0 Å². The number of nitrogens with one attached hydrogen (secondary N) is 1. The van der Waals surface area contributed by atoms with Crippen LogP contribution in [0.3, 0.4) is 0 Å². The Balaban J connectivity index is 1.23. The Morgan fingerprint density at radius 3 is 2.56 bits per heavy atom. The number of aromatic nitrogens is 3. The lowest BCUT2D eigenvalue weighted by Gasteiger charge is -2.35. The number of aliphatic imine (C=N–C) groups is 1. The predicted octanol–water partition coefficient (Wildman–Crippen LogP) is 4.53. The van der Waals surface area contributed by atoms with E-state index in [1.807, 2.05) is 6.07 Å². The Kier molecular flexibility index (Phi) is 8.04. The Labute approximate surface area is 234 Å². The minimum absolute atomic E-state index is 0.154. The van der Waals surface area contributed by atoms with Gasteiger partial charge in [-0.25, -0.2) is 9.79 Å². The van der Waals surface area contributed by atoms with E-state index in [4.69, 9.17) is 4.74 Å². The summed E-state index contributed by atoms with van der Waals surface area (Å²) in [6.07, 6.45) is 1.12. The van der Waals surface area contributed by atoms with Crippen LogP contribution in [0.2, 0.25) is 0 Å². The number of halogens is 3. The third-order valence-corrected chi connectivity index (χ3v) is 6.76. The van der Waals surface area contributed by atoms with Crippen molar-refractivity contribution >= 4 is 23.9 Å². The Hall–Kier alpha value is -4.68. The van der Waals surface area contributed by atoms with Crippen LogP contribution in [-0.2, 0) is 10.9 Å². The van der Waals surface area contributed by atoms with Gasteiger partial charge in [-0.15, -0.1) is 0 Å². The van der Waals surface area contributed by atoms with Gasteiger partial charge >= 0.3 is 12.3 Å². The molecule has 1 N–H and O–H groups in total. The fraction of sp³-hybridized carbons (Fsp3) is 0.321. The number of ether oxygens (including phenoxy) is 1. The highest BCUT2D eigenvalue weighted by Crippen LogP contribution is 2.35. The predicted molar refractivity (Wildman–Crippen MR) is 145 cm³/mol. The van der Waals surface area contributed by atoms with Crippen LogP contribution in [0.4, 0.5) is 23.7 Å². The average Bonchev–Trinajstić information content (AvgIpc) is 3.45. The fourth-order valence-electron chi connectivity index (χ4n) is 4.67. The average molecular weight is 568 g/mol. The Morgan fingerprint density at radius 2 is 1.90 bits per heavy atom. The van der Waals surface area contributed by atoms with Crippen molar-refractivity contribution in [1.82, 2.24) is 25.0 Å². The van der Waals surface area contributed by atoms with Crippen molar-refractivity contribution in [1.29, 1.82) is 0 Å². The van der Waals surface area contributed by atoms with Crippen LogP contribution in [0, 0.1) is 0 Å². The monoisotopic (exact) mass is 567 g/mol. The lowest BCUT2D eigenvalue weighted by atomic mass is 10.1. The maximum absolute atomic E-state index is 13.8. The number of piperazine rings is 1. The van der Waals surface area contributed by atoms with E-state index in [0.29, 0.717) is 43.9 Å². The molecule has 2 aliphatic heterocycles. The van der Waals surface area contributed by atoms with Crippen molar-refractivity contribution in [3.05, 3.63) is 78.0 Å². The number of pyridine rings is 1. The van der Waals surface area contributed by atoms with Crippen LogP contribution in [0.5, 0.6) is 0 Å². The summed E-state index contributed by atoms with van der Waals surface area (Å²) in [5.74, 6) is -0.152. The molecule has 13 heteroatoms. The second-order valence-corrected chi connectivity index (χ2v) is 9.45. The zero-order valence-corrected chi connectivity index (χ0v) is 22.2. The number of anilines is 1. The molecule has 2 amide bonds. The van der Waals surface area contributed by atoms with Gasteiger partial charge in [-0.1, -0.05) is 6.07 Å². The molecule has 1 saturated heterocycles. The maximum atomic E-state index is 13.8. The van der Waals surface area contributed by atoms with E-state index < -0.39 is 23.8 Å². The van der Waals surface area contributed by atoms with Gasteiger partial charge in [0.25, 0.3) is 5.91 Å². The third-order valence-electron chi connectivity index (χ3n) is 6.76. The SMILES string of the molecule is CCOC(=O)N1CCN(c2cccc(C(=O)NC3=CCC(n4nc(-c5cccnc5)cc4C(F)(F)F)C=N3)c2)CC1. The van der Waals surface area contributed by atoms with Crippen LogP contribution < -0.4 is 10.2 Å².